The highest BCUT2D eigenvalue weighted by Crippen LogP contribution is 2.29. The quantitative estimate of drug-likeness (QED) is 0.747. The summed E-state index contributed by atoms with van der Waals surface area (Å²) in [7, 11) is 0. The molecule has 0 unspecified atom stereocenters. The Bertz CT molecular complexity index is 401. The van der Waals surface area contributed by atoms with E-state index in [2.05, 4.69) is 17.0 Å². The first-order valence-electron chi connectivity index (χ1n) is 6.50. The summed E-state index contributed by atoms with van der Waals surface area (Å²) >= 11 is 0. The van der Waals surface area contributed by atoms with E-state index in [0.29, 0.717) is 12.5 Å². The predicted octanol–water partition coefficient (Wildman–Crippen LogP) is 0.985. The van der Waals surface area contributed by atoms with Crippen molar-refractivity contribution in [3.8, 4) is 0 Å². The number of aryl methyl sites for hydroxylation is 1. The Morgan fingerprint density at radius 1 is 1.61 bits per heavy atom. The first-order chi connectivity index (χ1) is 8.69. The van der Waals surface area contributed by atoms with Crippen molar-refractivity contribution in [1.82, 2.24) is 19.7 Å². The third kappa shape index (κ3) is 3.80. The molecule has 0 aromatic carbocycles. The zero-order chi connectivity index (χ0) is 13.0. The van der Waals surface area contributed by atoms with Crippen molar-refractivity contribution >= 4 is 5.97 Å². The van der Waals surface area contributed by atoms with Crippen LogP contribution in [0.2, 0.25) is 0 Å². The summed E-state index contributed by atoms with van der Waals surface area (Å²) in [6.07, 6.45) is 4.98. The van der Waals surface area contributed by atoms with E-state index in [4.69, 9.17) is 5.11 Å². The Labute approximate surface area is 107 Å². The molecule has 1 heterocycles. The lowest BCUT2D eigenvalue weighted by atomic mass is 10.3. The van der Waals surface area contributed by atoms with Gasteiger partial charge < -0.3 is 5.11 Å². The first-order valence-corrected chi connectivity index (χ1v) is 6.50. The van der Waals surface area contributed by atoms with Gasteiger partial charge in [0, 0.05) is 13.1 Å². The zero-order valence-corrected chi connectivity index (χ0v) is 10.7. The highest BCUT2D eigenvalue weighted by molar-refractivity contribution is 5.69. The minimum absolute atomic E-state index is 0.0789. The summed E-state index contributed by atoms with van der Waals surface area (Å²) in [6, 6.07) is 0. The largest absolute Gasteiger partial charge is 0.480 e. The fourth-order valence-electron chi connectivity index (χ4n) is 2.05. The van der Waals surface area contributed by atoms with Crippen LogP contribution in [0.25, 0.3) is 0 Å². The number of hydrogen-bond donors (Lipinski definition) is 1. The summed E-state index contributed by atoms with van der Waals surface area (Å²) in [6.45, 7) is 4.42. The fourth-order valence-corrected chi connectivity index (χ4v) is 2.05. The molecule has 2 rings (SSSR count). The van der Waals surface area contributed by atoms with E-state index in [0.717, 1.165) is 25.3 Å². The van der Waals surface area contributed by atoms with Crippen LogP contribution in [0.3, 0.4) is 0 Å². The normalized spacial score (nSPS) is 15.2. The second kappa shape index (κ2) is 5.95. The molecule has 0 spiro atoms. The molecule has 6 heteroatoms. The molecule has 1 aliphatic carbocycles. The summed E-state index contributed by atoms with van der Waals surface area (Å²) in [5.74, 6) is 0.753. The van der Waals surface area contributed by atoms with Gasteiger partial charge in [0.05, 0.1) is 13.1 Å². The van der Waals surface area contributed by atoms with Crippen LogP contribution in [-0.2, 0) is 17.9 Å². The molecule has 1 saturated carbocycles. The maximum Gasteiger partial charge on any atom is 0.317 e. The number of hydrogen-bond acceptors (Lipinski definition) is 4. The van der Waals surface area contributed by atoms with Gasteiger partial charge in [-0.25, -0.2) is 9.67 Å². The number of carbonyl (C=O) groups is 1. The smallest absolute Gasteiger partial charge is 0.317 e. The molecule has 0 bridgehead atoms. The van der Waals surface area contributed by atoms with Gasteiger partial charge in [-0.3, -0.25) is 9.69 Å². The van der Waals surface area contributed by atoms with E-state index in [9.17, 15) is 4.79 Å². The van der Waals surface area contributed by atoms with Crippen molar-refractivity contribution in [2.24, 2.45) is 5.92 Å². The monoisotopic (exact) mass is 252 g/mol. The molecule has 1 N–H and O–H groups in total. The SMILES string of the molecule is CCCn1ncnc1CN(CC(=O)O)CC1CC1. The molecule has 0 amide bonds. The minimum Gasteiger partial charge on any atom is -0.480 e. The van der Waals surface area contributed by atoms with Gasteiger partial charge >= 0.3 is 5.97 Å². The van der Waals surface area contributed by atoms with Gasteiger partial charge in [0.15, 0.2) is 0 Å². The lowest BCUT2D eigenvalue weighted by Crippen LogP contribution is -2.32. The maximum atomic E-state index is 10.9. The van der Waals surface area contributed by atoms with E-state index in [-0.39, 0.29) is 6.54 Å². The van der Waals surface area contributed by atoms with Crippen molar-refractivity contribution in [2.75, 3.05) is 13.1 Å². The molecular formula is C12H20N4O2. The fraction of sp³-hybridized carbons (Fsp3) is 0.750. The Kier molecular flexibility index (Phi) is 4.30. The number of aliphatic carboxylic acids is 1. The predicted molar refractivity (Wildman–Crippen MR) is 65.9 cm³/mol. The van der Waals surface area contributed by atoms with Crippen molar-refractivity contribution in [2.45, 2.75) is 39.3 Å². The van der Waals surface area contributed by atoms with E-state index < -0.39 is 5.97 Å². The average molecular weight is 252 g/mol. The molecule has 1 fully saturated rings. The van der Waals surface area contributed by atoms with Crippen LogP contribution in [0.15, 0.2) is 6.33 Å². The van der Waals surface area contributed by atoms with Crippen molar-refractivity contribution in [3.05, 3.63) is 12.2 Å². The molecule has 18 heavy (non-hydrogen) atoms. The number of carboxylic acids is 1. The summed E-state index contributed by atoms with van der Waals surface area (Å²) in [4.78, 5) is 17.0. The number of aromatic nitrogens is 3. The van der Waals surface area contributed by atoms with Crippen LogP contribution in [0.4, 0.5) is 0 Å². The van der Waals surface area contributed by atoms with Gasteiger partial charge in [-0.2, -0.15) is 5.10 Å². The third-order valence-electron chi connectivity index (χ3n) is 3.07. The Morgan fingerprint density at radius 3 is 3.00 bits per heavy atom. The Morgan fingerprint density at radius 2 is 2.39 bits per heavy atom. The van der Waals surface area contributed by atoms with Gasteiger partial charge in [-0.05, 0) is 25.2 Å². The van der Waals surface area contributed by atoms with E-state index in [1.807, 2.05) is 9.58 Å². The first kappa shape index (κ1) is 13.0. The molecule has 0 aliphatic heterocycles. The van der Waals surface area contributed by atoms with E-state index >= 15 is 0 Å². The molecule has 100 valence electrons. The van der Waals surface area contributed by atoms with Gasteiger partial charge in [-0.1, -0.05) is 6.92 Å². The highest BCUT2D eigenvalue weighted by Gasteiger charge is 2.26. The van der Waals surface area contributed by atoms with Gasteiger partial charge in [-0.15, -0.1) is 0 Å². The van der Waals surface area contributed by atoms with E-state index in [1.165, 1.54) is 12.8 Å². The van der Waals surface area contributed by atoms with Gasteiger partial charge in [0.1, 0.15) is 12.2 Å². The standard InChI is InChI=1S/C12H20N4O2/c1-2-5-16-11(13-9-14-16)7-15(8-12(17)18)6-10-3-4-10/h9-10H,2-8H2,1H3,(H,17,18). The number of rotatable bonds is 8. The van der Waals surface area contributed by atoms with Crippen LogP contribution in [-0.4, -0.2) is 43.8 Å². The van der Waals surface area contributed by atoms with Gasteiger partial charge in [0.25, 0.3) is 0 Å². The topological polar surface area (TPSA) is 71.2 Å². The lowest BCUT2D eigenvalue weighted by Gasteiger charge is -2.19. The van der Waals surface area contributed by atoms with Crippen LogP contribution < -0.4 is 0 Å². The molecule has 0 saturated heterocycles. The van der Waals surface area contributed by atoms with Crippen molar-refractivity contribution in [3.63, 3.8) is 0 Å². The van der Waals surface area contributed by atoms with Crippen molar-refractivity contribution < 1.29 is 9.90 Å². The minimum atomic E-state index is -0.780. The van der Waals surface area contributed by atoms with Gasteiger partial charge in [0.2, 0.25) is 0 Å². The highest BCUT2D eigenvalue weighted by atomic mass is 16.4. The summed E-state index contributed by atoms with van der Waals surface area (Å²) < 4.78 is 1.86. The molecule has 0 radical (unpaired) electrons. The molecular weight excluding hydrogens is 232 g/mol. The Balaban J connectivity index is 1.96. The molecule has 1 aliphatic rings. The zero-order valence-electron chi connectivity index (χ0n) is 10.7. The molecule has 1 aromatic heterocycles. The second-order valence-corrected chi connectivity index (χ2v) is 4.91. The van der Waals surface area contributed by atoms with Crippen LogP contribution >= 0.6 is 0 Å². The lowest BCUT2D eigenvalue weighted by molar-refractivity contribution is -0.138. The third-order valence-corrected chi connectivity index (χ3v) is 3.07. The molecule has 1 aromatic rings. The average Bonchev–Trinajstić information content (AvgIpc) is 3.00. The maximum absolute atomic E-state index is 10.9. The van der Waals surface area contributed by atoms with E-state index in [1.54, 1.807) is 6.33 Å². The molecule has 6 nitrogen and oxygen atoms in total. The summed E-state index contributed by atoms with van der Waals surface area (Å²) in [5, 5.41) is 13.1. The van der Waals surface area contributed by atoms with Crippen LogP contribution in [0.1, 0.15) is 32.0 Å². The number of carboxylic acid groups (broad SMARTS) is 1. The number of nitrogens with zero attached hydrogens (tertiary/aromatic N) is 4. The Hall–Kier alpha value is -1.43. The molecule has 0 atom stereocenters. The second-order valence-electron chi connectivity index (χ2n) is 4.91. The van der Waals surface area contributed by atoms with Crippen molar-refractivity contribution in [1.29, 1.82) is 0 Å². The van der Waals surface area contributed by atoms with Crippen LogP contribution in [0, 0.1) is 5.92 Å². The van der Waals surface area contributed by atoms with Crippen LogP contribution in [0.5, 0.6) is 0 Å². The summed E-state index contributed by atoms with van der Waals surface area (Å²) in [5.41, 5.74) is 0.